The first-order valence-electron chi connectivity index (χ1n) is 10.3. The quantitative estimate of drug-likeness (QED) is 0.374. The molecule has 166 valence electrons. The fourth-order valence-corrected chi connectivity index (χ4v) is 3.80. The smallest absolute Gasteiger partial charge is 0.290 e. The highest BCUT2D eigenvalue weighted by Gasteiger charge is 2.16. The molecule has 1 fully saturated rings. The molecule has 0 amide bonds. The van der Waals surface area contributed by atoms with Gasteiger partial charge < -0.3 is 10.8 Å². The molecule has 0 atom stereocenters. The molecule has 0 aliphatic heterocycles. The van der Waals surface area contributed by atoms with Crippen LogP contribution in [0.5, 0.6) is 0 Å². The summed E-state index contributed by atoms with van der Waals surface area (Å²) in [5, 5.41) is 11.3. The Labute approximate surface area is 195 Å². The highest BCUT2D eigenvalue weighted by Crippen LogP contribution is 2.33. The molecule has 0 unspecified atom stereocenters. The molecule has 1 saturated carbocycles. The van der Waals surface area contributed by atoms with Gasteiger partial charge in [0, 0.05) is 46.5 Å². The van der Waals surface area contributed by atoms with E-state index in [4.69, 9.17) is 20.6 Å². The van der Waals surface area contributed by atoms with E-state index in [0.29, 0.717) is 11.7 Å². The largest absolute Gasteiger partial charge is 0.483 e. The van der Waals surface area contributed by atoms with Gasteiger partial charge in [-0.05, 0) is 37.0 Å². The first kappa shape index (κ1) is 23.3. The molecule has 0 aromatic carbocycles. The Balaban J connectivity index is 0.000000913. The van der Waals surface area contributed by atoms with Crippen LogP contribution in [-0.4, -0.2) is 37.5 Å². The van der Waals surface area contributed by atoms with E-state index < -0.39 is 0 Å². The maximum absolute atomic E-state index is 8.36. The molecule has 3 N–H and O–H groups in total. The standard InChI is InChI=1S/C22H23BrN6.CH2O2/c23-11-21(24)29-22(27-12-16-5-2-1-3-6-16)19(15-28-29)17-8-9-20(26-14-17)18-7-4-10-25-13-18;2-1-3/h4,7-16H,1-3,5-6,24H2;1H,(H,2,3)/b21-11+,27-12+;. The van der Waals surface area contributed by atoms with Crippen LogP contribution in [0.15, 0.2) is 59.0 Å². The molecule has 3 aromatic heterocycles. The normalized spacial score (nSPS) is 14.7. The molecule has 3 heterocycles. The molecule has 1 aliphatic rings. The van der Waals surface area contributed by atoms with E-state index in [1.54, 1.807) is 28.3 Å². The minimum atomic E-state index is -0.250. The predicted octanol–water partition coefficient (Wildman–Crippen LogP) is 5.10. The number of hydrogen-bond donors (Lipinski definition) is 2. The minimum absolute atomic E-state index is 0.250. The van der Waals surface area contributed by atoms with Crippen molar-refractivity contribution in [2.45, 2.75) is 32.1 Å². The van der Waals surface area contributed by atoms with E-state index >= 15 is 0 Å². The first-order chi connectivity index (χ1) is 15.7. The Bertz CT molecular complexity index is 1060. The number of nitrogens with zero attached hydrogens (tertiary/aromatic N) is 5. The van der Waals surface area contributed by atoms with Crippen LogP contribution in [0.3, 0.4) is 0 Å². The fraction of sp³-hybridized carbons (Fsp3) is 0.261. The lowest BCUT2D eigenvalue weighted by molar-refractivity contribution is -0.122. The van der Waals surface area contributed by atoms with Gasteiger partial charge in [0.2, 0.25) is 0 Å². The summed E-state index contributed by atoms with van der Waals surface area (Å²) in [5.74, 6) is 1.71. The number of nitrogens with two attached hydrogens (primary N) is 1. The summed E-state index contributed by atoms with van der Waals surface area (Å²) in [5.41, 5.74) is 9.82. The number of halogens is 1. The number of rotatable bonds is 5. The highest BCUT2D eigenvalue weighted by atomic mass is 79.9. The SMILES string of the molecule is N/C(=C\Br)n1ncc(-c2ccc(-c3cccnc3)nc2)c1/N=C/C1CCCCC1.O=CO. The van der Waals surface area contributed by atoms with E-state index in [2.05, 4.69) is 37.2 Å². The Kier molecular flexibility index (Phi) is 8.68. The van der Waals surface area contributed by atoms with Gasteiger partial charge in [0.1, 0.15) is 5.82 Å². The number of hydrogen-bond acceptors (Lipinski definition) is 6. The number of aliphatic imine (C=N–C) groups is 1. The van der Waals surface area contributed by atoms with Crippen molar-refractivity contribution in [3.8, 4) is 22.4 Å². The maximum atomic E-state index is 8.36. The summed E-state index contributed by atoms with van der Waals surface area (Å²) in [6.45, 7) is -0.250. The van der Waals surface area contributed by atoms with E-state index in [9.17, 15) is 0 Å². The van der Waals surface area contributed by atoms with Crippen molar-refractivity contribution < 1.29 is 9.90 Å². The zero-order chi connectivity index (χ0) is 22.8. The molecule has 4 rings (SSSR count). The molecule has 0 bridgehead atoms. The molecule has 9 heteroatoms. The van der Waals surface area contributed by atoms with Crippen LogP contribution in [0, 0.1) is 5.92 Å². The third kappa shape index (κ3) is 5.88. The van der Waals surface area contributed by atoms with Gasteiger partial charge >= 0.3 is 0 Å². The van der Waals surface area contributed by atoms with Crippen molar-refractivity contribution in [3.05, 3.63) is 54.0 Å². The van der Waals surface area contributed by atoms with E-state index in [1.165, 1.54) is 32.1 Å². The van der Waals surface area contributed by atoms with E-state index in [-0.39, 0.29) is 6.47 Å². The van der Waals surface area contributed by atoms with Crippen LogP contribution in [-0.2, 0) is 4.79 Å². The van der Waals surface area contributed by atoms with Gasteiger partial charge in [0.15, 0.2) is 5.82 Å². The highest BCUT2D eigenvalue weighted by molar-refractivity contribution is 9.11. The van der Waals surface area contributed by atoms with Crippen molar-refractivity contribution in [3.63, 3.8) is 0 Å². The first-order valence-corrected chi connectivity index (χ1v) is 11.2. The summed E-state index contributed by atoms with van der Waals surface area (Å²) >= 11 is 3.30. The van der Waals surface area contributed by atoms with Gasteiger partial charge in [0.25, 0.3) is 6.47 Å². The van der Waals surface area contributed by atoms with Crippen LogP contribution >= 0.6 is 15.9 Å². The van der Waals surface area contributed by atoms with Crippen LogP contribution in [0.2, 0.25) is 0 Å². The van der Waals surface area contributed by atoms with Crippen molar-refractivity contribution in [1.82, 2.24) is 19.7 Å². The minimum Gasteiger partial charge on any atom is -0.483 e. The Hall–Kier alpha value is -3.33. The molecule has 3 aromatic rings. The van der Waals surface area contributed by atoms with Crippen molar-refractivity contribution >= 4 is 40.3 Å². The fourth-order valence-electron chi connectivity index (χ4n) is 3.60. The molecule has 0 saturated heterocycles. The molecule has 32 heavy (non-hydrogen) atoms. The van der Waals surface area contributed by atoms with E-state index in [1.807, 2.05) is 30.5 Å². The van der Waals surface area contributed by atoms with Gasteiger partial charge in [-0.2, -0.15) is 9.78 Å². The van der Waals surface area contributed by atoms with Crippen LogP contribution < -0.4 is 5.73 Å². The van der Waals surface area contributed by atoms with Gasteiger partial charge in [-0.3, -0.25) is 14.8 Å². The summed E-state index contributed by atoms with van der Waals surface area (Å²) < 4.78 is 1.65. The molecular formula is C23H25BrN6O2. The van der Waals surface area contributed by atoms with E-state index in [0.717, 1.165) is 28.2 Å². The number of carbonyl (C=O) groups is 1. The van der Waals surface area contributed by atoms with Crippen molar-refractivity contribution in [2.75, 3.05) is 0 Å². The lowest BCUT2D eigenvalue weighted by Crippen LogP contribution is -2.09. The summed E-state index contributed by atoms with van der Waals surface area (Å²) in [6.07, 6.45) is 15.5. The Morgan fingerprint density at radius 1 is 1.16 bits per heavy atom. The zero-order valence-corrected chi connectivity index (χ0v) is 19.1. The number of pyridine rings is 2. The predicted molar refractivity (Wildman–Crippen MR) is 129 cm³/mol. The van der Waals surface area contributed by atoms with Crippen LogP contribution in [0.1, 0.15) is 32.1 Å². The Morgan fingerprint density at radius 2 is 1.94 bits per heavy atom. The molecular weight excluding hydrogens is 472 g/mol. The number of carboxylic acid groups (broad SMARTS) is 1. The van der Waals surface area contributed by atoms with Crippen LogP contribution in [0.4, 0.5) is 5.82 Å². The maximum Gasteiger partial charge on any atom is 0.290 e. The van der Waals surface area contributed by atoms with Gasteiger partial charge in [0.05, 0.1) is 11.9 Å². The zero-order valence-electron chi connectivity index (χ0n) is 17.5. The lowest BCUT2D eigenvalue weighted by Gasteiger charge is -2.17. The molecule has 8 nitrogen and oxygen atoms in total. The topological polar surface area (TPSA) is 119 Å². The van der Waals surface area contributed by atoms with Crippen molar-refractivity contribution in [2.24, 2.45) is 16.6 Å². The molecule has 1 aliphatic carbocycles. The second-order valence-electron chi connectivity index (χ2n) is 7.28. The van der Waals surface area contributed by atoms with Crippen LogP contribution in [0.25, 0.3) is 28.2 Å². The third-order valence-electron chi connectivity index (χ3n) is 5.19. The second kappa shape index (κ2) is 11.9. The lowest BCUT2D eigenvalue weighted by atomic mass is 9.90. The Morgan fingerprint density at radius 3 is 2.56 bits per heavy atom. The molecule has 0 radical (unpaired) electrons. The average molecular weight is 497 g/mol. The van der Waals surface area contributed by atoms with Gasteiger partial charge in [-0.25, -0.2) is 4.99 Å². The summed E-state index contributed by atoms with van der Waals surface area (Å²) in [4.78, 5) is 23.6. The van der Waals surface area contributed by atoms with Gasteiger partial charge in [-0.1, -0.05) is 41.3 Å². The third-order valence-corrected chi connectivity index (χ3v) is 5.66. The van der Waals surface area contributed by atoms with Gasteiger partial charge in [-0.15, -0.1) is 0 Å². The monoisotopic (exact) mass is 496 g/mol. The summed E-state index contributed by atoms with van der Waals surface area (Å²) in [6, 6.07) is 7.92. The second-order valence-corrected chi connectivity index (χ2v) is 7.74. The molecule has 0 spiro atoms. The summed E-state index contributed by atoms with van der Waals surface area (Å²) in [7, 11) is 0. The van der Waals surface area contributed by atoms with Crippen molar-refractivity contribution in [1.29, 1.82) is 0 Å². The number of aromatic nitrogens is 4. The average Bonchev–Trinajstić information content (AvgIpc) is 3.28.